The molecule has 0 unspecified atom stereocenters. The van der Waals surface area contributed by atoms with Gasteiger partial charge in [-0.15, -0.1) is 0 Å². The van der Waals surface area contributed by atoms with Crippen LogP contribution in [0.15, 0.2) is 24.3 Å². The minimum atomic E-state index is -0.832. The summed E-state index contributed by atoms with van der Waals surface area (Å²) in [6.07, 6.45) is 0.717. The molecule has 2 rings (SSSR count). The van der Waals surface area contributed by atoms with Crippen LogP contribution in [0.2, 0.25) is 0 Å². The number of nitrogens with one attached hydrogen (secondary N) is 1. The van der Waals surface area contributed by atoms with Crippen molar-refractivity contribution in [3.8, 4) is 0 Å². The molecule has 1 heterocycles. The maximum Gasteiger partial charge on any atom is 0.339 e. The Kier molecular flexibility index (Phi) is 5.29. The van der Waals surface area contributed by atoms with Gasteiger partial charge in [-0.25, -0.2) is 4.79 Å². The lowest BCUT2D eigenvalue weighted by Gasteiger charge is -2.32. The molecule has 1 aromatic rings. The van der Waals surface area contributed by atoms with Crippen LogP contribution >= 0.6 is 0 Å². The van der Waals surface area contributed by atoms with E-state index in [1.54, 1.807) is 12.1 Å². The Morgan fingerprint density at radius 3 is 2.39 bits per heavy atom. The highest BCUT2D eigenvalue weighted by Gasteiger charge is 2.26. The predicted molar refractivity (Wildman–Crippen MR) is 80.6 cm³/mol. The monoisotopic (exact) mass is 319 g/mol. The number of benzene rings is 1. The number of esters is 1. The van der Waals surface area contributed by atoms with Crippen LogP contribution in [0.25, 0.3) is 0 Å². The van der Waals surface area contributed by atoms with Crippen molar-refractivity contribution in [3.05, 3.63) is 29.8 Å². The van der Waals surface area contributed by atoms with Crippen molar-refractivity contribution in [2.24, 2.45) is 0 Å². The van der Waals surface area contributed by atoms with E-state index in [9.17, 15) is 19.2 Å². The van der Waals surface area contributed by atoms with Crippen molar-refractivity contribution in [1.29, 1.82) is 0 Å². The van der Waals surface area contributed by atoms with Crippen molar-refractivity contribution in [2.45, 2.75) is 0 Å². The molecule has 0 bridgehead atoms. The fourth-order valence-electron chi connectivity index (χ4n) is 2.23. The molecule has 0 spiro atoms. The van der Waals surface area contributed by atoms with E-state index >= 15 is 0 Å². The minimum absolute atomic E-state index is 0.168. The number of carbonyl (C=O) groups excluding carboxylic acids is 4. The molecule has 1 fully saturated rings. The van der Waals surface area contributed by atoms with Crippen molar-refractivity contribution in [1.82, 2.24) is 9.80 Å². The zero-order valence-corrected chi connectivity index (χ0v) is 12.7. The summed E-state index contributed by atoms with van der Waals surface area (Å²) in [5.74, 6) is -2.14. The largest absolute Gasteiger partial charge is 0.465 e. The van der Waals surface area contributed by atoms with E-state index in [1.807, 2.05) is 0 Å². The number of hydrogen-bond acceptors (Lipinski definition) is 5. The summed E-state index contributed by atoms with van der Waals surface area (Å²) in [5, 5.41) is 2.43. The van der Waals surface area contributed by atoms with Gasteiger partial charge in [-0.2, -0.15) is 0 Å². The number of hydrogen-bond donors (Lipinski definition) is 1. The van der Waals surface area contributed by atoms with Crippen LogP contribution in [-0.2, 0) is 19.1 Å². The molecule has 23 heavy (non-hydrogen) atoms. The van der Waals surface area contributed by atoms with Gasteiger partial charge in [-0.3, -0.25) is 14.4 Å². The Hall–Kier alpha value is -2.90. The van der Waals surface area contributed by atoms with Crippen LogP contribution in [0.1, 0.15) is 10.4 Å². The van der Waals surface area contributed by atoms with Crippen molar-refractivity contribution >= 4 is 29.9 Å². The average molecular weight is 319 g/mol. The summed E-state index contributed by atoms with van der Waals surface area (Å²) in [7, 11) is 1.23. The molecule has 122 valence electrons. The molecule has 0 atom stereocenters. The molecule has 8 nitrogen and oxygen atoms in total. The van der Waals surface area contributed by atoms with Gasteiger partial charge in [0.05, 0.1) is 18.4 Å². The summed E-state index contributed by atoms with van der Waals surface area (Å²) in [6.45, 7) is 1.37. The van der Waals surface area contributed by atoms with Gasteiger partial charge in [-0.05, 0) is 12.1 Å². The molecule has 1 saturated heterocycles. The van der Waals surface area contributed by atoms with E-state index in [1.165, 1.54) is 29.0 Å². The lowest BCUT2D eigenvalue weighted by atomic mass is 10.2. The molecule has 0 aromatic heterocycles. The highest BCUT2D eigenvalue weighted by atomic mass is 16.5. The smallest absolute Gasteiger partial charge is 0.339 e. The first-order valence-corrected chi connectivity index (χ1v) is 7.03. The standard InChI is InChI=1S/C15H17N3O5/c1-23-15(22)11-4-2-3-5-12(11)16-13(20)14(21)18-8-6-17(10-19)7-9-18/h2-5,10H,6-9H2,1H3,(H,16,20). The summed E-state index contributed by atoms with van der Waals surface area (Å²) in [5.41, 5.74) is 0.381. The number of ether oxygens (including phenoxy) is 1. The zero-order chi connectivity index (χ0) is 16.8. The molecule has 1 aliphatic rings. The highest BCUT2D eigenvalue weighted by molar-refractivity contribution is 6.39. The van der Waals surface area contributed by atoms with Crippen molar-refractivity contribution in [2.75, 3.05) is 38.6 Å². The molecule has 1 aliphatic heterocycles. The van der Waals surface area contributed by atoms with Crippen LogP contribution in [0, 0.1) is 0 Å². The number of nitrogens with zero attached hydrogens (tertiary/aromatic N) is 2. The minimum Gasteiger partial charge on any atom is -0.465 e. The second kappa shape index (κ2) is 7.39. The molecule has 0 aliphatic carbocycles. The first-order valence-electron chi connectivity index (χ1n) is 7.03. The van der Waals surface area contributed by atoms with Crippen LogP contribution in [0.3, 0.4) is 0 Å². The lowest BCUT2D eigenvalue weighted by molar-refractivity contribution is -0.144. The molecule has 0 radical (unpaired) electrons. The summed E-state index contributed by atoms with van der Waals surface area (Å²) >= 11 is 0. The molecule has 1 N–H and O–H groups in total. The number of para-hydroxylation sites is 1. The summed E-state index contributed by atoms with van der Waals surface area (Å²) < 4.78 is 4.64. The van der Waals surface area contributed by atoms with Gasteiger partial charge in [0, 0.05) is 26.2 Å². The van der Waals surface area contributed by atoms with Gasteiger partial charge in [0.1, 0.15) is 0 Å². The van der Waals surface area contributed by atoms with E-state index < -0.39 is 17.8 Å². The van der Waals surface area contributed by atoms with E-state index in [-0.39, 0.29) is 11.3 Å². The Bertz CT molecular complexity index is 623. The second-order valence-electron chi connectivity index (χ2n) is 4.92. The number of rotatable bonds is 3. The number of piperazine rings is 1. The first kappa shape index (κ1) is 16.5. The number of amides is 3. The summed E-state index contributed by atoms with van der Waals surface area (Å²) in [6, 6.07) is 6.27. The number of anilines is 1. The van der Waals surface area contributed by atoms with Crippen LogP contribution in [-0.4, -0.2) is 67.3 Å². The highest BCUT2D eigenvalue weighted by Crippen LogP contribution is 2.16. The third kappa shape index (κ3) is 3.85. The van der Waals surface area contributed by atoms with Gasteiger partial charge in [0.15, 0.2) is 0 Å². The van der Waals surface area contributed by atoms with Crippen LogP contribution < -0.4 is 5.32 Å². The topological polar surface area (TPSA) is 96.0 Å². The predicted octanol–water partition coefficient (Wildman–Crippen LogP) is -0.288. The average Bonchev–Trinajstić information content (AvgIpc) is 2.61. The first-order chi connectivity index (χ1) is 11.1. The number of methoxy groups -OCH3 is 1. The van der Waals surface area contributed by atoms with Crippen molar-refractivity contribution in [3.63, 3.8) is 0 Å². The van der Waals surface area contributed by atoms with E-state index in [0.29, 0.717) is 32.6 Å². The molecular weight excluding hydrogens is 302 g/mol. The Balaban J connectivity index is 2.03. The van der Waals surface area contributed by atoms with Crippen molar-refractivity contribution < 1.29 is 23.9 Å². The van der Waals surface area contributed by atoms with Crippen LogP contribution in [0.4, 0.5) is 5.69 Å². The quantitative estimate of drug-likeness (QED) is 0.469. The molecule has 8 heteroatoms. The van der Waals surface area contributed by atoms with E-state index in [4.69, 9.17) is 0 Å². The van der Waals surface area contributed by atoms with Gasteiger partial charge in [-0.1, -0.05) is 12.1 Å². The third-order valence-electron chi connectivity index (χ3n) is 3.53. The normalized spacial score (nSPS) is 14.1. The lowest BCUT2D eigenvalue weighted by Crippen LogP contribution is -2.51. The molecule has 0 saturated carbocycles. The Labute approximate surface area is 133 Å². The third-order valence-corrected chi connectivity index (χ3v) is 3.53. The van der Waals surface area contributed by atoms with E-state index in [0.717, 1.165) is 0 Å². The van der Waals surface area contributed by atoms with Gasteiger partial charge >= 0.3 is 17.8 Å². The maximum atomic E-state index is 12.1. The molecule has 3 amide bonds. The van der Waals surface area contributed by atoms with E-state index in [2.05, 4.69) is 10.1 Å². The summed E-state index contributed by atoms with van der Waals surface area (Å²) in [4.78, 5) is 49.4. The number of carbonyl (C=O) groups is 4. The molecule has 1 aromatic carbocycles. The molecular formula is C15H17N3O5. The Morgan fingerprint density at radius 1 is 1.13 bits per heavy atom. The zero-order valence-electron chi connectivity index (χ0n) is 12.7. The van der Waals surface area contributed by atoms with Gasteiger partial charge < -0.3 is 19.9 Å². The van der Waals surface area contributed by atoms with Gasteiger partial charge in [0.25, 0.3) is 0 Å². The van der Waals surface area contributed by atoms with Crippen LogP contribution in [0.5, 0.6) is 0 Å². The maximum absolute atomic E-state index is 12.1. The van der Waals surface area contributed by atoms with Gasteiger partial charge in [0.2, 0.25) is 6.41 Å². The SMILES string of the molecule is COC(=O)c1ccccc1NC(=O)C(=O)N1CCN(C=O)CC1. The Morgan fingerprint density at radius 2 is 1.78 bits per heavy atom. The second-order valence-corrected chi connectivity index (χ2v) is 4.92. The fourth-order valence-corrected chi connectivity index (χ4v) is 2.23. The fraction of sp³-hybridized carbons (Fsp3) is 0.333.